The van der Waals surface area contributed by atoms with Crippen LogP contribution >= 0.6 is 0 Å². The summed E-state index contributed by atoms with van der Waals surface area (Å²) >= 11 is 0. The van der Waals surface area contributed by atoms with Crippen molar-refractivity contribution in [1.82, 2.24) is 9.78 Å². The fraction of sp³-hybridized carbons (Fsp3) is 0.0667. The maximum absolute atomic E-state index is 9.25. The molecule has 0 amide bonds. The van der Waals surface area contributed by atoms with Crippen molar-refractivity contribution in [2.24, 2.45) is 0 Å². The first-order chi connectivity index (χ1) is 9.20. The van der Waals surface area contributed by atoms with Gasteiger partial charge in [-0.3, -0.25) is 0 Å². The molecular formula is C15H12N4. The van der Waals surface area contributed by atoms with E-state index in [4.69, 9.17) is 5.73 Å². The fourth-order valence-electron chi connectivity index (χ4n) is 2.24. The molecule has 2 aromatic carbocycles. The topological polar surface area (TPSA) is 67.6 Å². The van der Waals surface area contributed by atoms with E-state index < -0.39 is 0 Å². The highest BCUT2D eigenvalue weighted by Gasteiger charge is 2.11. The number of anilines is 1. The smallest absolute Gasteiger partial charge is 0.101 e. The molecule has 4 nitrogen and oxygen atoms in total. The summed E-state index contributed by atoms with van der Waals surface area (Å²) in [5.74, 6) is 0. The summed E-state index contributed by atoms with van der Waals surface area (Å²) in [4.78, 5) is 0. The summed E-state index contributed by atoms with van der Waals surface area (Å²) in [6.45, 7) is 1.97. The molecule has 0 fully saturated rings. The van der Waals surface area contributed by atoms with Gasteiger partial charge in [-0.1, -0.05) is 12.1 Å². The Kier molecular flexibility index (Phi) is 2.46. The lowest BCUT2D eigenvalue weighted by atomic mass is 10.1. The zero-order chi connectivity index (χ0) is 13.4. The van der Waals surface area contributed by atoms with Gasteiger partial charge in [-0.25, -0.2) is 4.68 Å². The Morgan fingerprint density at radius 3 is 2.89 bits per heavy atom. The van der Waals surface area contributed by atoms with E-state index >= 15 is 0 Å². The minimum Gasteiger partial charge on any atom is -0.399 e. The van der Waals surface area contributed by atoms with E-state index in [0.717, 1.165) is 22.2 Å². The van der Waals surface area contributed by atoms with Crippen molar-refractivity contribution in [3.63, 3.8) is 0 Å². The molecule has 2 N–H and O–H groups in total. The number of rotatable bonds is 1. The van der Waals surface area contributed by atoms with Crippen LogP contribution in [0.5, 0.6) is 0 Å². The number of nitrogens with zero attached hydrogens (tertiary/aromatic N) is 3. The Morgan fingerprint density at radius 2 is 2.11 bits per heavy atom. The van der Waals surface area contributed by atoms with Gasteiger partial charge in [0.25, 0.3) is 0 Å². The van der Waals surface area contributed by atoms with Gasteiger partial charge in [-0.15, -0.1) is 0 Å². The maximum Gasteiger partial charge on any atom is 0.101 e. The lowest BCUT2D eigenvalue weighted by molar-refractivity contribution is 0.899. The SMILES string of the molecule is Cc1cccc(C#N)c1-n1ncc2ccc(N)cc21. The molecule has 19 heavy (non-hydrogen) atoms. The molecule has 0 saturated heterocycles. The van der Waals surface area contributed by atoms with Crippen LogP contribution in [-0.2, 0) is 0 Å². The van der Waals surface area contributed by atoms with Gasteiger partial charge in [-0.2, -0.15) is 10.4 Å². The van der Waals surface area contributed by atoms with Gasteiger partial charge in [0.1, 0.15) is 6.07 Å². The lowest BCUT2D eigenvalue weighted by Crippen LogP contribution is -2.02. The van der Waals surface area contributed by atoms with Crippen LogP contribution in [0.15, 0.2) is 42.6 Å². The quantitative estimate of drug-likeness (QED) is 0.673. The minimum absolute atomic E-state index is 0.604. The van der Waals surface area contributed by atoms with Gasteiger partial charge in [0.2, 0.25) is 0 Å². The molecule has 0 aliphatic rings. The zero-order valence-corrected chi connectivity index (χ0v) is 10.5. The summed E-state index contributed by atoms with van der Waals surface area (Å²) in [6.07, 6.45) is 1.78. The van der Waals surface area contributed by atoms with E-state index in [0.29, 0.717) is 11.3 Å². The number of hydrogen-bond donors (Lipinski definition) is 1. The molecular weight excluding hydrogens is 236 g/mol. The van der Waals surface area contributed by atoms with Crippen molar-refractivity contribution < 1.29 is 0 Å². The molecule has 0 aliphatic heterocycles. The summed E-state index contributed by atoms with van der Waals surface area (Å²) in [5.41, 5.74) is 9.84. The van der Waals surface area contributed by atoms with Crippen molar-refractivity contribution in [1.29, 1.82) is 5.26 Å². The second-order valence-corrected chi connectivity index (χ2v) is 4.46. The second-order valence-electron chi connectivity index (χ2n) is 4.46. The van der Waals surface area contributed by atoms with Crippen LogP contribution in [0.3, 0.4) is 0 Å². The number of para-hydroxylation sites is 1. The van der Waals surface area contributed by atoms with Crippen molar-refractivity contribution in [2.45, 2.75) is 6.92 Å². The Morgan fingerprint density at radius 1 is 1.26 bits per heavy atom. The zero-order valence-electron chi connectivity index (χ0n) is 10.5. The second kappa shape index (κ2) is 4.14. The van der Waals surface area contributed by atoms with Crippen LogP contribution in [0.25, 0.3) is 16.6 Å². The summed E-state index contributed by atoms with van der Waals surface area (Å²) < 4.78 is 1.78. The first-order valence-electron chi connectivity index (χ1n) is 5.94. The van der Waals surface area contributed by atoms with Gasteiger partial charge in [0.05, 0.1) is 23.0 Å². The van der Waals surface area contributed by atoms with Crippen molar-refractivity contribution >= 4 is 16.6 Å². The van der Waals surface area contributed by atoms with Crippen molar-refractivity contribution in [3.05, 3.63) is 53.7 Å². The van der Waals surface area contributed by atoms with Gasteiger partial charge in [0, 0.05) is 11.1 Å². The number of aromatic nitrogens is 2. The third-order valence-corrected chi connectivity index (χ3v) is 3.16. The highest BCUT2D eigenvalue weighted by Crippen LogP contribution is 2.24. The average Bonchev–Trinajstić information content (AvgIpc) is 2.81. The Bertz CT molecular complexity index is 809. The van der Waals surface area contributed by atoms with Crippen LogP contribution in [-0.4, -0.2) is 9.78 Å². The predicted octanol–water partition coefficient (Wildman–Crippen LogP) is 2.79. The molecule has 1 heterocycles. The number of nitriles is 1. The molecule has 0 saturated carbocycles. The molecule has 3 aromatic rings. The Hall–Kier alpha value is -2.80. The standard InChI is InChI=1S/C15H12N4/c1-10-3-2-4-11(8-16)15(10)19-14-7-13(17)6-5-12(14)9-18-19/h2-7,9H,17H2,1H3. The van der Waals surface area contributed by atoms with Crippen LogP contribution in [0.2, 0.25) is 0 Å². The monoisotopic (exact) mass is 248 g/mol. The number of aryl methyl sites for hydroxylation is 1. The number of benzene rings is 2. The van der Waals surface area contributed by atoms with Gasteiger partial charge in [0.15, 0.2) is 0 Å². The highest BCUT2D eigenvalue weighted by atomic mass is 15.3. The van der Waals surface area contributed by atoms with E-state index in [1.54, 1.807) is 16.9 Å². The molecule has 0 unspecified atom stereocenters. The largest absolute Gasteiger partial charge is 0.399 e. The first-order valence-corrected chi connectivity index (χ1v) is 5.94. The van der Waals surface area contributed by atoms with E-state index in [2.05, 4.69) is 11.2 Å². The molecule has 0 spiro atoms. The summed E-state index contributed by atoms with van der Waals surface area (Å²) in [5, 5.41) is 14.6. The molecule has 0 radical (unpaired) electrons. The van der Waals surface area contributed by atoms with E-state index in [1.807, 2.05) is 37.3 Å². The van der Waals surface area contributed by atoms with Crippen LogP contribution < -0.4 is 5.73 Å². The third kappa shape index (κ3) is 1.72. The third-order valence-electron chi connectivity index (χ3n) is 3.16. The molecule has 0 bridgehead atoms. The van der Waals surface area contributed by atoms with Crippen LogP contribution in [0.4, 0.5) is 5.69 Å². The fourth-order valence-corrected chi connectivity index (χ4v) is 2.24. The number of nitrogens with two attached hydrogens (primary N) is 1. The summed E-state index contributed by atoms with van der Waals surface area (Å²) in [6, 6.07) is 13.5. The van der Waals surface area contributed by atoms with E-state index in [-0.39, 0.29) is 0 Å². The highest BCUT2D eigenvalue weighted by molar-refractivity contribution is 5.84. The van der Waals surface area contributed by atoms with Crippen LogP contribution in [0, 0.1) is 18.3 Å². The number of fused-ring (bicyclic) bond motifs is 1. The van der Waals surface area contributed by atoms with Gasteiger partial charge in [-0.05, 0) is 36.8 Å². The van der Waals surface area contributed by atoms with Gasteiger partial charge >= 0.3 is 0 Å². The average molecular weight is 248 g/mol. The normalized spacial score (nSPS) is 10.5. The first kappa shape index (κ1) is 11.3. The maximum atomic E-state index is 9.25. The van der Waals surface area contributed by atoms with Crippen molar-refractivity contribution in [3.8, 4) is 11.8 Å². The van der Waals surface area contributed by atoms with E-state index in [9.17, 15) is 5.26 Å². The Balaban J connectivity index is 2.37. The molecule has 92 valence electrons. The minimum atomic E-state index is 0.604. The lowest BCUT2D eigenvalue weighted by Gasteiger charge is -2.09. The molecule has 4 heteroatoms. The van der Waals surface area contributed by atoms with E-state index in [1.165, 1.54) is 0 Å². The van der Waals surface area contributed by atoms with Crippen molar-refractivity contribution in [2.75, 3.05) is 5.73 Å². The Labute approximate surface area is 110 Å². The number of hydrogen-bond acceptors (Lipinski definition) is 3. The van der Waals surface area contributed by atoms with Crippen LogP contribution in [0.1, 0.15) is 11.1 Å². The molecule has 0 aliphatic carbocycles. The molecule has 3 rings (SSSR count). The van der Waals surface area contributed by atoms with Gasteiger partial charge < -0.3 is 5.73 Å². The predicted molar refractivity (Wildman–Crippen MR) is 74.9 cm³/mol. The molecule has 0 atom stereocenters. The number of nitrogen functional groups attached to an aromatic ring is 1. The molecule has 1 aromatic heterocycles. The summed E-state index contributed by atoms with van der Waals surface area (Å²) in [7, 11) is 0.